The summed E-state index contributed by atoms with van der Waals surface area (Å²) < 4.78 is 0. The lowest BCUT2D eigenvalue weighted by Crippen LogP contribution is -2.36. The summed E-state index contributed by atoms with van der Waals surface area (Å²) in [6.45, 7) is 3.78. The first-order valence-corrected chi connectivity index (χ1v) is 6.88. The molecule has 0 saturated heterocycles. The number of aromatic carboxylic acids is 1. The fraction of sp³-hybridized carbons (Fsp3) is 0.643. The number of hydrogen-bond acceptors (Lipinski definition) is 4. The van der Waals surface area contributed by atoms with Crippen LogP contribution in [0.4, 0.5) is 5.82 Å². The van der Waals surface area contributed by atoms with Gasteiger partial charge in [0.05, 0.1) is 0 Å². The molecule has 0 aromatic carbocycles. The van der Waals surface area contributed by atoms with Crippen LogP contribution in [0.3, 0.4) is 0 Å². The number of carboxylic acid groups (broad SMARTS) is 1. The van der Waals surface area contributed by atoms with Gasteiger partial charge in [0, 0.05) is 16.8 Å². The van der Waals surface area contributed by atoms with Gasteiger partial charge in [-0.1, -0.05) is 6.42 Å². The van der Waals surface area contributed by atoms with Gasteiger partial charge in [0.15, 0.2) is 0 Å². The lowest BCUT2D eigenvalue weighted by molar-refractivity contribution is 0.0683. The van der Waals surface area contributed by atoms with Crippen LogP contribution in [0.2, 0.25) is 0 Å². The van der Waals surface area contributed by atoms with Crippen molar-refractivity contribution >= 4 is 11.8 Å². The van der Waals surface area contributed by atoms with E-state index < -0.39 is 5.97 Å². The Balaban J connectivity index is 1.89. The van der Waals surface area contributed by atoms with Crippen molar-refractivity contribution in [3.8, 4) is 0 Å². The third-order valence-corrected chi connectivity index (χ3v) is 4.62. The van der Waals surface area contributed by atoms with Crippen LogP contribution in [0.15, 0.2) is 0 Å². The first-order valence-electron chi connectivity index (χ1n) is 6.88. The predicted molar refractivity (Wildman–Crippen MR) is 71.4 cm³/mol. The SMILES string of the molecule is Cc1nc(C(=O)O)nc(NC2(C3CCC3)CC2)c1C. The second kappa shape index (κ2) is 4.18. The predicted octanol–water partition coefficient (Wildman–Crippen LogP) is 2.54. The molecule has 0 radical (unpaired) electrons. The molecule has 2 fully saturated rings. The van der Waals surface area contributed by atoms with Crippen molar-refractivity contribution in [3.63, 3.8) is 0 Å². The second-order valence-electron chi connectivity index (χ2n) is 5.82. The van der Waals surface area contributed by atoms with Crippen molar-refractivity contribution in [1.29, 1.82) is 0 Å². The molecule has 1 heterocycles. The van der Waals surface area contributed by atoms with Gasteiger partial charge in [-0.15, -0.1) is 0 Å². The highest BCUT2D eigenvalue weighted by Gasteiger charge is 2.51. The molecule has 2 N–H and O–H groups in total. The summed E-state index contributed by atoms with van der Waals surface area (Å²) in [5, 5.41) is 12.6. The Hall–Kier alpha value is -1.65. The van der Waals surface area contributed by atoms with E-state index in [1.54, 1.807) is 0 Å². The molecule has 2 saturated carbocycles. The minimum Gasteiger partial charge on any atom is -0.475 e. The van der Waals surface area contributed by atoms with E-state index in [-0.39, 0.29) is 11.4 Å². The number of nitrogens with one attached hydrogen (secondary N) is 1. The number of carboxylic acids is 1. The van der Waals surface area contributed by atoms with Gasteiger partial charge in [-0.3, -0.25) is 0 Å². The van der Waals surface area contributed by atoms with Crippen LogP contribution in [0.5, 0.6) is 0 Å². The van der Waals surface area contributed by atoms with Gasteiger partial charge in [-0.25, -0.2) is 14.8 Å². The molecule has 0 spiro atoms. The van der Waals surface area contributed by atoms with Gasteiger partial charge in [-0.05, 0) is 45.4 Å². The highest BCUT2D eigenvalue weighted by Crippen LogP contribution is 2.52. The lowest BCUT2D eigenvalue weighted by Gasteiger charge is -2.35. The molecule has 5 heteroatoms. The maximum atomic E-state index is 11.0. The molecular formula is C14H19N3O2. The molecular weight excluding hydrogens is 242 g/mol. The lowest BCUT2D eigenvalue weighted by atomic mass is 9.78. The number of nitrogens with zero attached hydrogens (tertiary/aromatic N) is 2. The highest BCUT2D eigenvalue weighted by molar-refractivity contribution is 5.83. The van der Waals surface area contributed by atoms with Gasteiger partial charge < -0.3 is 10.4 Å². The van der Waals surface area contributed by atoms with Crippen LogP contribution in [-0.2, 0) is 0 Å². The first-order chi connectivity index (χ1) is 9.02. The zero-order chi connectivity index (χ0) is 13.6. The minimum atomic E-state index is -1.07. The number of rotatable bonds is 4. The standard InChI is InChI=1S/C14H19N3O2/c1-8-9(2)15-12(13(18)19)16-11(8)17-14(6-7-14)10-4-3-5-10/h10H,3-7H2,1-2H3,(H,18,19)(H,15,16,17). The molecule has 2 aliphatic rings. The molecule has 0 amide bonds. The van der Waals surface area contributed by atoms with Crippen molar-refractivity contribution < 1.29 is 9.90 Å². The monoisotopic (exact) mass is 261 g/mol. The van der Waals surface area contributed by atoms with Gasteiger partial charge in [0.25, 0.3) is 0 Å². The van der Waals surface area contributed by atoms with Gasteiger partial charge in [0.1, 0.15) is 5.82 Å². The summed E-state index contributed by atoms with van der Waals surface area (Å²) in [5.74, 6) is 0.249. The van der Waals surface area contributed by atoms with Crippen molar-refractivity contribution in [3.05, 3.63) is 17.1 Å². The molecule has 0 unspecified atom stereocenters. The average Bonchev–Trinajstić information content (AvgIpc) is 3.02. The summed E-state index contributed by atoms with van der Waals surface area (Å²) >= 11 is 0. The molecule has 5 nitrogen and oxygen atoms in total. The van der Waals surface area contributed by atoms with Crippen LogP contribution < -0.4 is 5.32 Å². The van der Waals surface area contributed by atoms with E-state index in [1.165, 1.54) is 32.1 Å². The summed E-state index contributed by atoms with van der Waals surface area (Å²) in [7, 11) is 0. The molecule has 3 rings (SSSR count). The summed E-state index contributed by atoms with van der Waals surface area (Å²) in [6, 6.07) is 0. The van der Waals surface area contributed by atoms with Crippen LogP contribution in [-0.4, -0.2) is 26.6 Å². The Labute approximate surface area is 112 Å². The quantitative estimate of drug-likeness (QED) is 0.871. The van der Waals surface area contributed by atoms with Crippen LogP contribution >= 0.6 is 0 Å². The average molecular weight is 261 g/mol. The smallest absolute Gasteiger partial charge is 0.374 e. The Morgan fingerprint density at radius 3 is 2.47 bits per heavy atom. The van der Waals surface area contributed by atoms with Gasteiger partial charge in [-0.2, -0.15) is 0 Å². The summed E-state index contributed by atoms with van der Waals surface area (Å²) in [4.78, 5) is 19.2. The van der Waals surface area contributed by atoms with E-state index in [1.807, 2.05) is 13.8 Å². The molecule has 0 aliphatic heterocycles. The second-order valence-corrected chi connectivity index (χ2v) is 5.82. The van der Waals surface area contributed by atoms with E-state index in [0.717, 1.165) is 17.2 Å². The Morgan fingerprint density at radius 2 is 2.00 bits per heavy atom. The number of anilines is 1. The third kappa shape index (κ3) is 2.07. The van der Waals surface area contributed by atoms with Crippen LogP contribution in [0.1, 0.15) is 54.0 Å². The molecule has 1 aromatic heterocycles. The molecule has 102 valence electrons. The summed E-state index contributed by atoms with van der Waals surface area (Å²) in [6.07, 6.45) is 6.21. The molecule has 0 bridgehead atoms. The van der Waals surface area contributed by atoms with E-state index >= 15 is 0 Å². The topological polar surface area (TPSA) is 75.1 Å². The Morgan fingerprint density at radius 1 is 1.32 bits per heavy atom. The van der Waals surface area contributed by atoms with Crippen LogP contribution in [0.25, 0.3) is 0 Å². The molecule has 2 aliphatic carbocycles. The third-order valence-electron chi connectivity index (χ3n) is 4.62. The Kier molecular flexibility index (Phi) is 2.73. The van der Waals surface area contributed by atoms with Crippen molar-refractivity contribution in [1.82, 2.24) is 9.97 Å². The summed E-state index contributed by atoms with van der Waals surface area (Å²) in [5.41, 5.74) is 1.87. The maximum absolute atomic E-state index is 11.0. The van der Waals surface area contributed by atoms with E-state index in [2.05, 4.69) is 15.3 Å². The van der Waals surface area contributed by atoms with Gasteiger partial charge >= 0.3 is 5.97 Å². The number of aryl methyl sites for hydroxylation is 1. The van der Waals surface area contributed by atoms with Gasteiger partial charge in [0.2, 0.25) is 5.82 Å². The minimum absolute atomic E-state index is 0.116. The number of aromatic nitrogens is 2. The first kappa shape index (κ1) is 12.4. The number of carbonyl (C=O) groups is 1. The van der Waals surface area contributed by atoms with Crippen molar-refractivity contribution in [2.75, 3.05) is 5.32 Å². The largest absolute Gasteiger partial charge is 0.475 e. The normalized spacial score (nSPS) is 20.7. The van der Waals surface area contributed by atoms with Crippen molar-refractivity contribution in [2.45, 2.75) is 51.5 Å². The zero-order valence-electron chi connectivity index (χ0n) is 11.4. The molecule has 0 atom stereocenters. The van der Waals surface area contributed by atoms with E-state index in [9.17, 15) is 4.79 Å². The fourth-order valence-corrected chi connectivity index (χ4v) is 2.81. The maximum Gasteiger partial charge on any atom is 0.374 e. The fourth-order valence-electron chi connectivity index (χ4n) is 2.81. The van der Waals surface area contributed by atoms with E-state index in [4.69, 9.17) is 5.11 Å². The zero-order valence-corrected chi connectivity index (χ0v) is 11.4. The molecule has 19 heavy (non-hydrogen) atoms. The van der Waals surface area contributed by atoms with Crippen LogP contribution in [0, 0.1) is 19.8 Å². The highest BCUT2D eigenvalue weighted by atomic mass is 16.4. The van der Waals surface area contributed by atoms with Crippen molar-refractivity contribution in [2.24, 2.45) is 5.92 Å². The number of hydrogen-bond donors (Lipinski definition) is 2. The molecule has 1 aromatic rings. The van der Waals surface area contributed by atoms with E-state index in [0.29, 0.717) is 5.82 Å². The Bertz CT molecular complexity index is 534.